The van der Waals surface area contributed by atoms with Crippen LogP contribution in [0.5, 0.6) is 5.75 Å². The van der Waals surface area contributed by atoms with Crippen molar-refractivity contribution in [3.63, 3.8) is 0 Å². The molecule has 3 aromatic rings. The van der Waals surface area contributed by atoms with Crippen LogP contribution < -0.4 is 26.4 Å². The van der Waals surface area contributed by atoms with Gasteiger partial charge in [0.05, 0.1) is 30.3 Å². The first-order valence-electron chi connectivity index (χ1n) is 10.0. The van der Waals surface area contributed by atoms with Crippen molar-refractivity contribution in [3.8, 4) is 5.75 Å². The number of halogens is 1. The number of nitrogens with zero attached hydrogens (tertiary/aromatic N) is 3. The number of pyridine rings is 1. The van der Waals surface area contributed by atoms with Gasteiger partial charge >= 0.3 is 0 Å². The molecule has 1 aliphatic heterocycles. The number of aromatic amines is 1. The van der Waals surface area contributed by atoms with Gasteiger partial charge in [0, 0.05) is 25.0 Å². The Morgan fingerprint density at radius 2 is 2.13 bits per heavy atom. The molecule has 0 bridgehead atoms. The number of hydrogen-bond acceptors (Lipinski definition) is 8. The molecule has 2 aromatic heterocycles. The molecule has 1 saturated heterocycles. The summed E-state index contributed by atoms with van der Waals surface area (Å²) in [5, 5.41) is 4.26. The molecule has 9 nitrogen and oxygen atoms in total. The van der Waals surface area contributed by atoms with Crippen molar-refractivity contribution in [1.82, 2.24) is 8.94 Å². The van der Waals surface area contributed by atoms with Crippen molar-refractivity contribution in [2.45, 2.75) is 18.9 Å². The number of fused-ring (bicyclic) bond motifs is 2. The van der Waals surface area contributed by atoms with Crippen LogP contribution in [0, 0.1) is 11.7 Å². The number of rotatable bonds is 5. The molecular formula is C20H22FN5O4S. The molecule has 164 valence electrons. The van der Waals surface area contributed by atoms with Crippen molar-refractivity contribution >= 4 is 44.1 Å². The Balaban J connectivity index is 1.82. The zero-order valence-corrected chi connectivity index (χ0v) is 17.9. The highest BCUT2D eigenvalue weighted by atomic mass is 32.1. The van der Waals surface area contributed by atoms with Gasteiger partial charge in [0.15, 0.2) is 11.6 Å². The number of nitrogens with one attached hydrogen (secondary N) is 1. The zero-order valence-electron chi connectivity index (χ0n) is 17.1. The van der Waals surface area contributed by atoms with Gasteiger partial charge in [-0.25, -0.2) is 4.39 Å². The molecule has 1 saturated carbocycles. The van der Waals surface area contributed by atoms with Crippen LogP contribution in [0.2, 0.25) is 0 Å². The molecule has 0 amide bonds. The summed E-state index contributed by atoms with van der Waals surface area (Å²) in [6.07, 6.45) is 1.83. The number of oxime groups is 1. The second-order valence-corrected chi connectivity index (χ2v) is 8.65. The maximum Gasteiger partial charge on any atom is 0.271 e. The first-order chi connectivity index (χ1) is 15.0. The lowest BCUT2D eigenvalue weighted by Crippen LogP contribution is -2.25. The number of H-pyrrole nitrogens is 1. The molecule has 1 unspecified atom stereocenters. The predicted octanol–water partition coefficient (Wildman–Crippen LogP) is 1.78. The van der Waals surface area contributed by atoms with Crippen molar-refractivity contribution in [1.29, 1.82) is 0 Å². The Labute approximate surface area is 180 Å². The number of methoxy groups -OCH3 is 1. The smallest absolute Gasteiger partial charge is 0.271 e. The lowest BCUT2D eigenvalue weighted by molar-refractivity contribution is 0.211. The molecule has 1 aromatic carbocycles. The van der Waals surface area contributed by atoms with Gasteiger partial charge in [-0.05, 0) is 30.4 Å². The minimum Gasteiger partial charge on any atom is -0.492 e. The van der Waals surface area contributed by atoms with Crippen LogP contribution in [0.4, 0.5) is 10.1 Å². The summed E-state index contributed by atoms with van der Waals surface area (Å²) in [6, 6.07) is 1.35. The van der Waals surface area contributed by atoms with E-state index in [2.05, 4.69) is 9.53 Å². The Morgan fingerprint density at radius 3 is 2.77 bits per heavy atom. The van der Waals surface area contributed by atoms with Gasteiger partial charge in [-0.3, -0.25) is 14.0 Å². The van der Waals surface area contributed by atoms with E-state index in [-0.39, 0.29) is 34.2 Å². The molecule has 0 spiro atoms. The molecule has 1 atom stereocenters. The van der Waals surface area contributed by atoms with Crippen LogP contribution >= 0.6 is 11.5 Å². The number of aromatic nitrogens is 2. The topological polar surface area (TPSA) is 115 Å². The van der Waals surface area contributed by atoms with E-state index in [1.54, 1.807) is 0 Å². The van der Waals surface area contributed by atoms with Crippen molar-refractivity contribution in [2.75, 3.05) is 38.8 Å². The van der Waals surface area contributed by atoms with E-state index in [1.165, 1.54) is 20.3 Å². The summed E-state index contributed by atoms with van der Waals surface area (Å²) >= 11 is 1.12. The molecule has 11 heteroatoms. The molecule has 2 fully saturated rings. The summed E-state index contributed by atoms with van der Waals surface area (Å²) in [6.45, 7) is 1.13. The van der Waals surface area contributed by atoms with Gasteiger partial charge < -0.3 is 24.8 Å². The highest BCUT2D eigenvalue weighted by molar-refractivity contribution is 7.12. The second-order valence-electron chi connectivity index (χ2n) is 7.86. The Hall–Kier alpha value is -2.92. The monoisotopic (exact) mass is 447 g/mol. The fourth-order valence-electron chi connectivity index (χ4n) is 4.45. The third-order valence-electron chi connectivity index (χ3n) is 5.99. The van der Waals surface area contributed by atoms with Crippen molar-refractivity contribution < 1.29 is 14.0 Å². The number of benzene rings is 1. The predicted molar refractivity (Wildman–Crippen MR) is 118 cm³/mol. The molecule has 3 heterocycles. The third-order valence-corrected chi connectivity index (χ3v) is 6.87. The molecule has 2 aliphatic rings. The molecule has 0 radical (unpaired) electrons. The average molecular weight is 447 g/mol. The fourth-order valence-corrected chi connectivity index (χ4v) is 5.37. The molecule has 31 heavy (non-hydrogen) atoms. The normalized spacial score (nSPS) is 20.3. The molecule has 1 aliphatic carbocycles. The fraction of sp³-hybridized carbons (Fsp3) is 0.450. The van der Waals surface area contributed by atoms with Crippen LogP contribution in [0.15, 0.2) is 20.8 Å². The quantitative estimate of drug-likeness (QED) is 0.576. The lowest BCUT2D eigenvalue weighted by Gasteiger charge is -2.24. The number of nitrogens with two attached hydrogens (primary N) is 1. The van der Waals surface area contributed by atoms with Crippen molar-refractivity contribution in [2.24, 2.45) is 16.8 Å². The maximum atomic E-state index is 15.5. The summed E-state index contributed by atoms with van der Waals surface area (Å²) in [5.41, 5.74) is 6.44. The van der Waals surface area contributed by atoms with Gasteiger partial charge in [-0.1, -0.05) is 5.16 Å². The van der Waals surface area contributed by atoms with Gasteiger partial charge in [0.1, 0.15) is 23.0 Å². The summed E-state index contributed by atoms with van der Waals surface area (Å²) in [4.78, 5) is 32.7. The standard InChI is InChI=1S/C20H22FN5O4S/c1-29-18-15-11(17(27)14-19(28)24-31-20(14)26(15)10-3-4-10)5-12(21)16(18)25-7-9(6-22)13(8-25)23-30-2/h5,9-10H,3-4,6-8,22H2,1-2H3,(H,24,28). The van der Waals surface area contributed by atoms with E-state index >= 15 is 4.39 Å². The largest absolute Gasteiger partial charge is 0.492 e. The SMILES string of the molecule is CON=C1CN(c2c(F)cc3c(=O)c4c(=O)[nH]sc4n(C4CC4)c3c2OC)CC1CN. The van der Waals surface area contributed by atoms with E-state index in [0.29, 0.717) is 30.0 Å². The van der Waals surface area contributed by atoms with E-state index in [9.17, 15) is 9.59 Å². The Morgan fingerprint density at radius 1 is 1.35 bits per heavy atom. The first kappa shape index (κ1) is 20.0. The van der Waals surface area contributed by atoms with E-state index in [1.807, 2.05) is 9.47 Å². The van der Waals surface area contributed by atoms with Gasteiger partial charge in [0.25, 0.3) is 5.56 Å². The highest BCUT2D eigenvalue weighted by Gasteiger charge is 2.36. The van der Waals surface area contributed by atoms with E-state index in [4.69, 9.17) is 15.3 Å². The molecule has 3 N–H and O–H groups in total. The number of hydrogen-bond donors (Lipinski definition) is 2. The van der Waals surface area contributed by atoms with Crippen LogP contribution in [0.1, 0.15) is 18.9 Å². The summed E-state index contributed by atoms with van der Waals surface area (Å²) in [7, 11) is 2.92. The Kier molecular flexibility index (Phi) is 4.74. The van der Waals surface area contributed by atoms with Crippen LogP contribution in [-0.4, -0.2) is 48.5 Å². The summed E-state index contributed by atoms with van der Waals surface area (Å²) in [5.74, 6) is -0.400. The van der Waals surface area contributed by atoms with Gasteiger partial charge in [0.2, 0.25) is 5.43 Å². The van der Waals surface area contributed by atoms with Gasteiger partial charge in [-0.15, -0.1) is 0 Å². The number of anilines is 1. The first-order valence-corrected chi connectivity index (χ1v) is 10.8. The van der Waals surface area contributed by atoms with Crippen LogP contribution in [0.25, 0.3) is 21.1 Å². The molecule has 5 rings (SSSR count). The van der Waals surface area contributed by atoms with Crippen LogP contribution in [-0.2, 0) is 4.84 Å². The minimum absolute atomic E-state index is 0.0671. The minimum atomic E-state index is -0.593. The zero-order chi connectivity index (χ0) is 21.9. The van der Waals surface area contributed by atoms with E-state index < -0.39 is 16.8 Å². The molecular weight excluding hydrogens is 425 g/mol. The highest BCUT2D eigenvalue weighted by Crippen LogP contribution is 2.46. The lowest BCUT2D eigenvalue weighted by atomic mass is 10.1. The average Bonchev–Trinajstić information content (AvgIpc) is 3.40. The maximum absolute atomic E-state index is 15.5. The van der Waals surface area contributed by atoms with E-state index in [0.717, 1.165) is 30.1 Å². The van der Waals surface area contributed by atoms with Gasteiger partial charge in [-0.2, -0.15) is 0 Å². The van der Waals surface area contributed by atoms with Crippen molar-refractivity contribution in [3.05, 3.63) is 32.5 Å². The number of ether oxygens (including phenoxy) is 1. The van der Waals surface area contributed by atoms with Crippen LogP contribution in [0.3, 0.4) is 0 Å². The third kappa shape index (κ3) is 2.94. The summed E-state index contributed by atoms with van der Waals surface area (Å²) < 4.78 is 25.8. The Bertz CT molecular complexity index is 1340. The second kappa shape index (κ2) is 7.34.